The normalized spacial score (nSPS) is 13.6. The topological polar surface area (TPSA) is 38.3 Å². The highest BCUT2D eigenvalue weighted by atomic mass is 32.1. The maximum atomic E-state index is 12.1. The van der Waals surface area contributed by atoms with Gasteiger partial charge in [-0.25, -0.2) is 4.79 Å². The third-order valence-electron chi connectivity index (χ3n) is 3.49. The molecule has 0 fully saturated rings. The third-order valence-corrected chi connectivity index (χ3v) is 4.39. The lowest BCUT2D eigenvalue weighted by atomic mass is 10.0. The number of ether oxygens (including phenoxy) is 1. The zero-order chi connectivity index (χ0) is 15.1. The van der Waals surface area contributed by atoms with E-state index in [0.29, 0.717) is 0 Å². The number of hydrogen-bond donors (Lipinski definition) is 1. The average molecular weight is 303 g/mol. The number of rotatable bonds is 7. The van der Waals surface area contributed by atoms with Gasteiger partial charge in [0.05, 0.1) is 7.11 Å². The molecule has 2 atom stereocenters. The molecule has 0 saturated heterocycles. The van der Waals surface area contributed by atoms with E-state index in [0.717, 1.165) is 18.4 Å². The quantitative estimate of drug-likeness (QED) is 0.795. The van der Waals surface area contributed by atoms with Crippen LogP contribution in [-0.2, 0) is 16.0 Å². The minimum absolute atomic E-state index is 0.243. The average Bonchev–Trinajstić information content (AvgIpc) is 3.04. The molecule has 3 nitrogen and oxygen atoms in total. The van der Waals surface area contributed by atoms with Crippen molar-refractivity contribution >= 4 is 17.3 Å². The molecule has 0 radical (unpaired) electrons. The van der Waals surface area contributed by atoms with E-state index in [-0.39, 0.29) is 12.0 Å². The van der Waals surface area contributed by atoms with Crippen molar-refractivity contribution < 1.29 is 9.53 Å². The molecule has 0 unspecified atom stereocenters. The molecule has 1 heterocycles. The molecule has 1 N–H and O–H groups in total. The van der Waals surface area contributed by atoms with E-state index in [1.54, 1.807) is 11.3 Å². The van der Waals surface area contributed by atoms with E-state index in [4.69, 9.17) is 4.74 Å². The molecule has 0 aliphatic rings. The lowest BCUT2D eigenvalue weighted by Crippen LogP contribution is -2.38. The second-order valence-electron chi connectivity index (χ2n) is 4.92. The van der Waals surface area contributed by atoms with Crippen LogP contribution >= 0.6 is 11.3 Å². The Bertz CT molecular complexity index is 539. The van der Waals surface area contributed by atoms with E-state index >= 15 is 0 Å². The summed E-state index contributed by atoms with van der Waals surface area (Å²) in [5.41, 5.74) is 0.939. The first kappa shape index (κ1) is 15.7. The summed E-state index contributed by atoms with van der Waals surface area (Å²) in [7, 11) is 1.43. The summed E-state index contributed by atoms with van der Waals surface area (Å²) >= 11 is 1.75. The van der Waals surface area contributed by atoms with Crippen LogP contribution in [0.3, 0.4) is 0 Å². The number of nitrogens with one attached hydrogen (secondary N) is 1. The fourth-order valence-corrected chi connectivity index (χ4v) is 3.08. The Morgan fingerprint density at radius 3 is 2.57 bits per heavy atom. The van der Waals surface area contributed by atoms with E-state index in [9.17, 15) is 4.79 Å². The maximum Gasteiger partial charge on any atom is 0.327 e. The predicted molar refractivity (Wildman–Crippen MR) is 86.4 cm³/mol. The van der Waals surface area contributed by atoms with Gasteiger partial charge in [0.2, 0.25) is 0 Å². The number of carbonyl (C=O) groups is 1. The molecule has 0 amide bonds. The first-order chi connectivity index (χ1) is 10.2. The van der Waals surface area contributed by atoms with Crippen molar-refractivity contribution in [2.45, 2.75) is 31.8 Å². The zero-order valence-electron chi connectivity index (χ0n) is 12.4. The van der Waals surface area contributed by atoms with E-state index in [2.05, 4.69) is 29.8 Å². The van der Waals surface area contributed by atoms with E-state index < -0.39 is 6.04 Å². The standard InChI is InChI=1S/C17H21NO2S/c1-3-14(12-15-10-7-11-21-15)18-16(17(19)20-2)13-8-5-4-6-9-13/h4-11,14,16,18H,3,12H2,1-2H3/t14-,16+/m1/s1. The summed E-state index contributed by atoms with van der Waals surface area (Å²) in [5.74, 6) is -0.245. The van der Waals surface area contributed by atoms with Crippen LogP contribution in [0.15, 0.2) is 47.8 Å². The summed E-state index contributed by atoms with van der Waals surface area (Å²) in [6, 6.07) is 13.7. The summed E-state index contributed by atoms with van der Waals surface area (Å²) in [4.78, 5) is 13.4. The Kier molecular flexibility index (Phi) is 5.96. The van der Waals surface area contributed by atoms with Crippen molar-refractivity contribution in [1.82, 2.24) is 5.32 Å². The lowest BCUT2D eigenvalue weighted by Gasteiger charge is -2.23. The van der Waals surface area contributed by atoms with E-state index in [1.807, 2.05) is 30.3 Å². The lowest BCUT2D eigenvalue weighted by molar-refractivity contribution is -0.143. The number of methoxy groups -OCH3 is 1. The van der Waals surface area contributed by atoms with Gasteiger partial charge in [-0.15, -0.1) is 11.3 Å². The molecule has 2 aromatic rings. The molecule has 0 aliphatic carbocycles. The van der Waals surface area contributed by atoms with Crippen molar-refractivity contribution in [2.75, 3.05) is 7.11 Å². The third kappa shape index (κ3) is 4.41. The molecule has 0 spiro atoms. The molecule has 1 aromatic carbocycles. The summed E-state index contributed by atoms with van der Waals surface area (Å²) in [5, 5.41) is 5.52. The second-order valence-corrected chi connectivity index (χ2v) is 5.95. The Balaban J connectivity index is 2.11. The van der Waals surface area contributed by atoms with Crippen LogP contribution in [0.5, 0.6) is 0 Å². The van der Waals surface area contributed by atoms with Gasteiger partial charge in [0.25, 0.3) is 0 Å². The number of carbonyl (C=O) groups excluding carboxylic acids is 1. The smallest absolute Gasteiger partial charge is 0.327 e. The zero-order valence-corrected chi connectivity index (χ0v) is 13.2. The van der Waals surface area contributed by atoms with Gasteiger partial charge in [-0.2, -0.15) is 0 Å². The highest BCUT2D eigenvalue weighted by Gasteiger charge is 2.24. The van der Waals surface area contributed by atoms with Gasteiger partial charge in [-0.1, -0.05) is 43.3 Å². The number of thiophene rings is 1. The van der Waals surface area contributed by atoms with Crippen LogP contribution in [0.4, 0.5) is 0 Å². The second kappa shape index (κ2) is 7.96. The molecular weight excluding hydrogens is 282 g/mol. The Morgan fingerprint density at radius 1 is 1.24 bits per heavy atom. The van der Waals surface area contributed by atoms with Crippen LogP contribution in [0, 0.1) is 0 Å². The Labute approximate surface area is 130 Å². The summed E-state index contributed by atoms with van der Waals surface area (Å²) in [6.07, 6.45) is 1.88. The van der Waals surface area contributed by atoms with Gasteiger partial charge >= 0.3 is 5.97 Å². The maximum absolute atomic E-state index is 12.1. The van der Waals surface area contributed by atoms with Crippen LogP contribution < -0.4 is 5.32 Å². The van der Waals surface area contributed by atoms with Crippen molar-refractivity contribution in [2.24, 2.45) is 0 Å². The minimum Gasteiger partial charge on any atom is -0.468 e. The van der Waals surface area contributed by atoms with Crippen molar-refractivity contribution in [3.63, 3.8) is 0 Å². The molecule has 2 rings (SSSR count). The largest absolute Gasteiger partial charge is 0.468 e. The van der Waals surface area contributed by atoms with E-state index in [1.165, 1.54) is 12.0 Å². The molecule has 0 aliphatic heterocycles. The highest BCUT2D eigenvalue weighted by Crippen LogP contribution is 2.18. The number of benzene rings is 1. The fraction of sp³-hybridized carbons (Fsp3) is 0.353. The molecular formula is C17H21NO2S. The summed E-state index contributed by atoms with van der Waals surface area (Å²) in [6.45, 7) is 2.13. The SMILES string of the molecule is CC[C@H](Cc1cccs1)N[C@H](C(=O)OC)c1ccccc1. The monoisotopic (exact) mass is 303 g/mol. The van der Waals surface area contributed by atoms with Gasteiger partial charge in [0, 0.05) is 10.9 Å². The number of hydrogen-bond acceptors (Lipinski definition) is 4. The molecule has 1 aromatic heterocycles. The van der Waals surface area contributed by atoms with Crippen molar-refractivity contribution in [3.05, 3.63) is 58.3 Å². The Morgan fingerprint density at radius 2 is 2.00 bits per heavy atom. The van der Waals surface area contributed by atoms with Crippen LogP contribution in [-0.4, -0.2) is 19.1 Å². The highest BCUT2D eigenvalue weighted by molar-refractivity contribution is 7.09. The number of esters is 1. The van der Waals surface area contributed by atoms with Gasteiger partial charge in [-0.3, -0.25) is 5.32 Å². The molecule has 0 saturated carbocycles. The van der Waals surface area contributed by atoms with Crippen molar-refractivity contribution in [3.8, 4) is 0 Å². The van der Waals surface area contributed by atoms with Gasteiger partial charge in [0.15, 0.2) is 0 Å². The minimum atomic E-state index is -0.416. The predicted octanol–water partition coefficient (Wildman–Crippen LogP) is 3.57. The van der Waals surface area contributed by atoms with Crippen LogP contribution in [0.2, 0.25) is 0 Å². The molecule has 4 heteroatoms. The van der Waals surface area contributed by atoms with Gasteiger partial charge in [-0.05, 0) is 29.9 Å². The first-order valence-corrected chi connectivity index (χ1v) is 8.03. The van der Waals surface area contributed by atoms with Gasteiger partial charge in [0.1, 0.15) is 6.04 Å². The van der Waals surface area contributed by atoms with Crippen molar-refractivity contribution in [1.29, 1.82) is 0 Å². The van der Waals surface area contributed by atoms with Crippen LogP contribution in [0.1, 0.15) is 29.8 Å². The molecule has 21 heavy (non-hydrogen) atoms. The molecule has 112 valence electrons. The first-order valence-electron chi connectivity index (χ1n) is 7.15. The fourth-order valence-electron chi connectivity index (χ4n) is 2.29. The van der Waals surface area contributed by atoms with Gasteiger partial charge < -0.3 is 4.74 Å². The Hall–Kier alpha value is -1.65. The summed E-state index contributed by atoms with van der Waals surface area (Å²) < 4.78 is 4.95. The molecule has 0 bridgehead atoms. The van der Waals surface area contributed by atoms with Crippen LogP contribution in [0.25, 0.3) is 0 Å².